The minimum atomic E-state index is 0. The molecule has 2 heterocycles. The number of pyridine rings is 1. The Labute approximate surface area is 189 Å². The third kappa shape index (κ3) is 4.77. The number of halogens is 5. The van der Waals surface area contributed by atoms with Gasteiger partial charge in [-0.05, 0) is 54.0 Å². The Bertz CT molecular complexity index is 933. The standard InChI is InChI=1S/C18H18BrCl2N3O.2ClH/c1-4-23(3)14-8-7-13(20)12(16(14)21)10-25-15-6-5-9-24-17(19)11(2)22-18(15)24;;/h5-9H,4,10H2,1-3H3;2*1H. The molecule has 0 spiro atoms. The van der Waals surface area contributed by atoms with Gasteiger partial charge in [-0.1, -0.05) is 23.2 Å². The zero-order valence-corrected chi connectivity index (χ0v) is 19.7. The molecule has 0 unspecified atom stereocenters. The first kappa shape index (κ1) is 24.2. The molecule has 3 aromatic rings. The first-order chi connectivity index (χ1) is 11.9. The summed E-state index contributed by atoms with van der Waals surface area (Å²) in [7, 11) is 1.99. The van der Waals surface area contributed by atoms with Crippen molar-refractivity contribution in [2.75, 3.05) is 18.5 Å². The largest absolute Gasteiger partial charge is 0.485 e. The van der Waals surface area contributed by atoms with Crippen molar-refractivity contribution >= 4 is 75.3 Å². The second kappa shape index (κ2) is 10.1. The summed E-state index contributed by atoms with van der Waals surface area (Å²) >= 11 is 16.5. The molecule has 0 atom stereocenters. The minimum Gasteiger partial charge on any atom is -0.485 e. The summed E-state index contributed by atoms with van der Waals surface area (Å²) in [5.41, 5.74) is 3.36. The molecule has 1 aromatic carbocycles. The summed E-state index contributed by atoms with van der Waals surface area (Å²) in [6.07, 6.45) is 1.93. The number of hydrogen-bond acceptors (Lipinski definition) is 3. The topological polar surface area (TPSA) is 29.8 Å². The van der Waals surface area contributed by atoms with Crippen LogP contribution in [0.25, 0.3) is 5.65 Å². The number of aryl methyl sites for hydroxylation is 1. The molecule has 0 amide bonds. The molecule has 4 nitrogen and oxygen atoms in total. The number of anilines is 1. The van der Waals surface area contributed by atoms with Crippen molar-refractivity contribution in [3.05, 3.63) is 56.4 Å². The molecule has 0 saturated heterocycles. The van der Waals surface area contributed by atoms with Crippen molar-refractivity contribution in [3.8, 4) is 5.75 Å². The van der Waals surface area contributed by atoms with Crippen LogP contribution in [0, 0.1) is 6.92 Å². The van der Waals surface area contributed by atoms with Gasteiger partial charge in [0.15, 0.2) is 11.4 Å². The molecule has 0 aliphatic rings. The van der Waals surface area contributed by atoms with Crippen molar-refractivity contribution in [2.24, 2.45) is 0 Å². The van der Waals surface area contributed by atoms with E-state index in [1.54, 1.807) is 0 Å². The second-order valence-electron chi connectivity index (χ2n) is 5.72. The van der Waals surface area contributed by atoms with Gasteiger partial charge >= 0.3 is 0 Å². The molecule has 0 aliphatic heterocycles. The molecule has 0 aliphatic carbocycles. The van der Waals surface area contributed by atoms with Gasteiger partial charge in [0.2, 0.25) is 0 Å². The molecule has 0 saturated carbocycles. The van der Waals surface area contributed by atoms with Gasteiger partial charge in [0.25, 0.3) is 0 Å². The Morgan fingerprint density at radius 3 is 2.59 bits per heavy atom. The maximum absolute atomic E-state index is 6.57. The van der Waals surface area contributed by atoms with Crippen LogP contribution in [0.1, 0.15) is 18.2 Å². The zero-order chi connectivity index (χ0) is 18.1. The number of nitrogens with zero attached hydrogens (tertiary/aromatic N) is 3. The quantitative estimate of drug-likeness (QED) is 0.384. The Morgan fingerprint density at radius 2 is 1.93 bits per heavy atom. The number of benzene rings is 1. The van der Waals surface area contributed by atoms with E-state index in [-0.39, 0.29) is 31.4 Å². The molecule has 27 heavy (non-hydrogen) atoms. The SMILES string of the molecule is CCN(C)c1ccc(Cl)c(COc2cccn3c(Br)c(C)nc23)c1Cl.Cl.Cl. The van der Waals surface area contributed by atoms with Crippen LogP contribution in [0.15, 0.2) is 35.1 Å². The summed E-state index contributed by atoms with van der Waals surface area (Å²) in [4.78, 5) is 6.61. The van der Waals surface area contributed by atoms with Crippen molar-refractivity contribution in [2.45, 2.75) is 20.5 Å². The Kier molecular flexibility index (Phi) is 9.03. The Morgan fingerprint density at radius 1 is 1.22 bits per heavy atom. The third-order valence-electron chi connectivity index (χ3n) is 4.14. The molecule has 2 aromatic heterocycles. The van der Waals surface area contributed by atoms with Crippen LogP contribution in [-0.2, 0) is 6.61 Å². The van der Waals surface area contributed by atoms with Gasteiger partial charge in [-0.3, -0.25) is 4.40 Å². The molecular weight excluding hydrogens is 496 g/mol. The van der Waals surface area contributed by atoms with E-state index in [1.807, 2.05) is 48.8 Å². The lowest BCUT2D eigenvalue weighted by Gasteiger charge is -2.21. The number of aromatic nitrogens is 2. The summed E-state index contributed by atoms with van der Waals surface area (Å²) in [6.45, 7) is 5.13. The van der Waals surface area contributed by atoms with Crippen LogP contribution in [0.2, 0.25) is 10.0 Å². The Hall–Kier alpha value is -0.850. The van der Waals surface area contributed by atoms with Crippen LogP contribution in [0.5, 0.6) is 5.75 Å². The highest BCUT2D eigenvalue weighted by Gasteiger charge is 2.15. The van der Waals surface area contributed by atoms with Crippen molar-refractivity contribution in [3.63, 3.8) is 0 Å². The maximum atomic E-state index is 6.57. The van der Waals surface area contributed by atoms with Gasteiger partial charge in [0.1, 0.15) is 11.2 Å². The average Bonchev–Trinajstić information content (AvgIpc) is 2.89. The number of rotatable bonds is 5. The van der Waals surface area contributed by atoms with E-state index in [9.17, 15) is 0 Å². The summed E-state index contributed by atoms with van der Waals surface area (Å²) < 4.78 is 8.86. The molecular formula is C18H20BrCl4N3O. The van der Waals surface area contributed by atoms with Gasteiger partial charge in [-0.2, -0.15) is 0 Å². The second-order valence-corrected chi connectivity index (χ2v) is 7.25. The molecule has 0 bridgehead atoms. The fourth-order valence-corrected chi connectivity index (χ4v) is 3.57. The van der Waals surface area contributed by atoms with Gasteiger partial charge in [0, 0.05) is 30.4 Å². The van der Waals surface area contributed by atoms with Gasteiger partial charge in [-0.25, -0.2) is 4.98 Å². The fraction of sp³-hybridized carbons (Fsp3) is 0.278. The Balaban J connectivity index is 0.00000182. The lowest BCUT2D eigenvalue weighted by Crippen LogP contribution is -2.16. The smallest absolute Gasteiger partial charge is 0.180 e. The van der Waals surface area contributed by atoms with E-state index in [0.29, 0.717) is 15.8 Å². The van der Waals surface area contributed by atoms with Gasteiger partial charge in [0.05, 0.1) is 16.4 Å². The molecule has 9 heteroatoms. The monoisotopic (exact) mass is 513 g/mol. The predicted octanol–water partition coefficient (Wildman–Crippen LogP) is 6.59. The number of fused-ring (bicyclic) bond motifs is 1. The molecule has 0 fully saturated rings. The first-order valence-corrected chi connectivity index (χ1v) is 9.43. The number of hydrogen-bond donors (Lipinski definition) is 0. The number of ether oxygens (including phenoxy) is 1. The highest BCUT2D eigenvalue weighted by molar-refractivity contribution is 9.10. The molecule has 0 radical (unpaired) electrons. The molecule has 148 valence electrons. The van der Waals surface area contributed by atoms with E-state index in [0.717, 1.165) is 33.7 Å². The van der Waals surface area contributed by atoms with Crippen LogP contribution in [0.3, 0.4) is 0 Å². The predicted molar refractivity (Wildman–Crippen MR) is 122 cm³/mol. The summed E-state index contributed by atoms with van der Waals surface area (Å²) in [5, 5.41) is 1.20. The van der Waals surface area contributed by atoms with E-state index in [2.05, 4.69) is 32.7 Å². The van der Waals surface area contributed by atoms with E-state index >= 15 is 0 Å². The van der Waals surface area contributed by atoms with E-state index in [1.165, 1.54) is 0 Å². The lowest BCUT2D eigenvalue weighted by atomic mass is 10.2. The average molecular weight is 516 g/mol. The van der Waals surface area contributed by atoms with Crippen molar-refractivity contribution in [1.29, 1.82) is 0 Å². The molecule has 0 N–H and O–H groups in total. The van der Waals surface area contributed by atoms with Crippen LogP contribution < -0.4 is 9.64 Å². The van der Waals surface area contributed by atoms with Crippen LogP contribution in [0.4, 0.5) is 5.69 Å². The first-order valence-electron chi connectivity index (χ1n) is 7.88. The normalized spacial score (nSPS) is 10.3. The summed E-state index contributed by atoms with van der Waals surface area (Å²) in [5.74, 6) is 0.678. The van der Waals surface area contributed by atoms with E-state index < -0.39 is 0 Å². The van der Waals surface area contributed by atoms with E-state index in [4.69, 9.17) is 27.9 Å². The van der Waals surface area contributed by atoms with Gasteiger partial charge in [-0.15, -0.1) is 24.8 Å². The summed E-state index contributed by atoms with van der Waals surface area (Å²) in [6, 6.07) is 7.58. The van der Waals surface area contributed by atoms with Gasteiger partial charge < -0.3 is 9.64 Å². The fourth-order valence-electron chi connectivity index (χ4n) is 2.57. The highest BCUT2D eigenvalue weighted by atomic mass is 79.9. The molecule has 3 rings (SSSR count). The van der Waals surface area contributed by atoms with Crippen LogP contribution >= 0.6 is 63.9 Å². The lowest BCUT2D eigenvalue weighted by molar-refractivity contribution is 0.308. The van der Waals surface area contributed by atoms with Crippen molar-refractivity contribution < 1.29 is 4.74 Å². The van der Waals surface area contributed by atoms with Crippen LogP contribution in [-0.4, -0.2) is 23.0 Å². The third-order valence-corrected chi connectivity index (χ3v) is 5.87. The maximum Gasteiger partial charge on any atom is 0.180 e. The number of imidazole rings is 1. The zero-order valence-electron chi connectivity index (χ0n) is 15.0. The minimum absolute atomic E-state index is 0. The van der Waals surface area contributed by atoms with Crippen molar-refractivity contribution in [1.82, 2.24) is 9.38 Å². The highest BCUT2D eigenvalue weighted by Crippen LogP contribution is 2.35.